The normalized spacial score (nSPS) is 18.7. The number of methoxy groups -OCH3 is 2. The summed E-state index contributed by atoms with van der Waals surface area (Å²) in [6, 6.07) is 24.2. The second kappa shape index (κ2) is 11.1. The number of amides is 1. The smallest absolute Gasteiger partial charge is 0.410 e. The van der Waals surface area contributed by atoms with E-state index in [2.05, 4.69) is 0 Å². The van der Waals surface area contributed by atoms with Gasteiger partial charge in [0, 0.05) is 0 Å². The zero-order chi connectivity index (χ0) is 27.5. The summed E-state index contributed by atoms with van der Waals surface area (Å²) in [7, 11) is 3.22. The third-order valence-corrected chi connectivity index (χ3v) is 7.08. The number of carbonyl (C=O) groups excluding carboxylic acids is 1. The molecule has 3 aromatic rings. The van der Waals surface area contributed by atoms with Crippen LogP contribution in [0.1, 0.15) is 43.9 Å². The van der Waals surface area contributed by atoms with E-state index >= 15 is 0 Å². The molecule has 2 N–H and O–H groups in total. The molecular formula is C31H37NO6. The monoisotopic (exact) mass is 519 g/mol. The molecule has 0 bridgehead atoms. The largest absolute Gasteiger partial charge is 0.497 e. The number of carbonyl (C=O) groups is 1. The molecule has 1 aliphatic heterocycles. The topological polar surface area (TPSA) is 88.5 Å². The summed E-state index contributed by atoms with van der Waals surface area (Å²) in [4.78, 5) is 14.7. The van der Waals surface area contributed by atoms with Crippen molar-refractivity contribution in [3.05, 3.63) is 95.6 Å². The number of nitrogens with zero attached hydrogens (tertiary/aromatic N) is 1. The van der Waals surface area contributed by atoms with Crippen LogP contribution in [-0.4, -0.2) is 65.8 Å². The average molecular weight is 520 g/mol. The molecule has 3 unspecified atom stereocenters. The zero-order valence-corrected chi connectivity index (χ0v) is 22.6. The molecule has 0 spiro atoms. The van der Waals surface area contributed by atoms with Crippen molar-refractivity contribution in [2.75, 3.05) is 20.8 Å². The van der Waals surface area contributed by atoms with Gasteiger partial charge in [-0.05, 0) is 68.1 Å². The SMILES string of the molecule is COc1ccc(C(c2ccccc2)(c2ccc(OC)cc2)C(O)C2CC(O)CN2C(=O)OC(C)(C)C)cc1. The highest BCUT2D eigenvalue weighted by Gasteiger charge is 2.52. The van der Waals surface area contributed by atoms with Crippen LogP contribution in [0.15, 0.2) is 78.9 Å². The number of hydrogen-bond donors (Lipinski definition) is 2. The van der Waals surface area contributed by atoms with Gasteiger partial charge in [0.1, 0.15) is 17.1 Å². The van der Waals surface area contributed by atoms with Gasteiger partial charge in [0.25, 0.3) is 0 Å². The van der Waals surface area contributed by atoms with Gasteiger partial charge >= 0.3 is 6.09 Å². The molecule has 0 saturated carbocycles. The molecule has 1 heterocycles. The van der Waals surface area contributed by atoms with Crippen molar-refractivity contribution in [3.8, 4) is 11.5 Å². The number of likely N-dealkylation sites (tertiary alicyclic amines) is 1. The molecule has 4 rings (SSSR count). The van der Waals surface area contributed by atoms with E-state index in [1.54, 1.807) is 35.0 Å². The molecular weight excluding hydrogens is 482 g/mol. The Bertz CT molecular complexity index is 1160. The molecule has 1 fully saturated rings. The van der Waals surface area contributed by atoms with Crippen LogP contribution >= 0.6 is 0 Å². The molecule has 1 aliphatic rings. The maximum atomic E-state index is 13.3. The lowest BCUT2D eigenvalue weighted by Gasteiger charge is -2.44. The molecule has 0 aliphatic carbocycles. The van der Waals surface area contributed by atoms with Crippen molar-refractivity contribution < 1.29 is 29.2 Å². The van der Waals surface area contributed by atoms with Crippen molar-refractivity contribution in [2.45, 2.75) is 56.5 Å². The zero-order valence-electron chi connectivity index (χ0n) is 22.6. The molecule has 7 heteroatoms. The minimum absolute atomic E-state index is 0.0761. The summed E-state index contributed by atoms with van der Waals surface area (Å²) in [6.07, 6.45) is -2.29. The lowest BCUT2D eigenvalue weighted by molar-refractivity contribution is -0.00468. The Morgan fingerprint density at radius 2 is 1.32 bits per heavy atom. The minimum atomic E-state index is -1.14. The second-order valence-corrected chi connectivity index (χ2v) is 10.7. The second-order valence-electron chi connectivity index (χ2n) is 10.7. The van der Waals surface area contributed by atoms with E-state index in [0.29, 0.717) is 11.5 Å². The van der Waals surface area contributed by atoms with Crippen LogP contribution in [0.25, 0.3) is 0 Å². The number of benzene rings is 3. The summed E-state index contributed by atoms with van der Waals surface area (Å²) in [5.74, 6) is 1.37. The van der Waals surface area contributed by atoms with Crippen molar-refractivity contribution >= 4 is 6.09 Å². The molecule has 1 saturated heterocycles. The van der Waals surface area contributed by atoms with Crippen LogP contribution in [0.3, 0.4) is 0 Å². The Hall–Kier alpha value is -3.55. The molecule has 3 atom stereocenters. The van der Waals surface area contributed by atoms with Crippen LogP contribution in [0.5, 0.6) is 11.5 Å². The number of rotatable bonds is 7. The lowest BCUT2D eigenvalue weighted by Crippen LogP contribution is -2.54. The summed E-state index contributed by atoms with van der Waals surface area (Å²) in [5.41, 5.74) is 0.644. The van der Waals surface area contributed by atoms with Gasteiger partial charge < -0.3 is 24.4 Å². The fraction of sp³-hybridized carbons (Fsp3) is 0.387. The van der Waals surface area contributed by atoms with Crippen molar-refractivity contribution in [2.24, 2.45) is 0 Å². The molecule has 38 heavy (non-hydrogen) atoms. The van der Waals surface area contributed by atoms with Gasteiger partial charge in [-0.3, -0.25) is 4.90 Å². The Balaban J connectivity index is 1.94. The van der Waals surface area contributed by atoms with Gasteiger partial charge in [-0.25, -0.2) is 4.79 Å². The Kier molecular flexibility index (Phi) is 7.99. The van der Waals surface area contributed by atoms with Crippen molar-refractivity contribution in [1.82, 2.24) is 4.90 Å². The minimum Gasteiger partial charge on any atom is -0.497 e. The van der Waals surface area contributed by atoms with Crippen LogP contribution in [0, 0.1) is 0 Å². The van der Waals surface area contributed by atoms with E-state index in [1.165, 1.54) is 4.90 Å². The first-order valence-electron chi connectivity index (χ1n) is 12.8. The first-order valence-corrected chi connectivity index (χ1v) is 12.8. The third kappa shape index (κ3) is 5.35. The van der Waals surface area contributed by atoms with Gasteiger partial charge in [-0.1, -0.05) is 54.6 Å². The third-order valence-electron chi connectivity index (χ3n) is 7.08. The fourth-order valence-corrected chi connectivity index (χ4v) is 5.38. The van der Waals surface area contributed by atoms with Crippen LogP contribution in [0.4, 0.5) is 4.79 Å². The molecule has 0 aromatic heterocycles. The van der Waals surface area contributed by atoms with Crippen LogP contribution in [-0.2, 0) is 10.2 Å². The molecule has 0 radical (unpaired) electrons. The first-order chi connectivity index (χ1) is 18.1. The van der Waals surface area contributed by atoms with Gasteiger partial charge in [0.2, 0.25) is 0 Å². The Morgan fingerprint density at radius 3 is 1.76 bits per heavy atom. The van der Waals surface area contributed by atoms with Crippen molar-refractivity contribution in [1.29, 1.82) is 0 Å². The Morgan fingerprint density at radius 1 is 0.842 bits per heavy atom. The van der Waals surface area contributed by atoms with Gasteiger partial charge in [0.15, 0.2) is 0 Å². The quantitative estimate of drug-likeness (QED) is 0.437. The summed E-state index contributed by atoms with van der Waals surface area (Å²) >= 11 is 0. The summed E-state index contributed by atoms with van der Waals surface area (Å²) in [5, 5.41) is 23.2. The molecule has 3 aromatic carbocycles. The molecule has 202 valence electrons. The maximum Gasteiger partial charge on any atom is 0.410 e. The number of aliphatic hydroxyl groups is 2. The number of β-amino-alcohol motifs (C(OH)–C–C–N with tert-alkyl or cyclic N) is 1. The van der Waals surface area contributed by atoms with Crippen molar-refractivity contribution in [3.63, 3.8) is 0 Å². The predicted octanol–water partition coefficient (Wildman–Crippen LogP) is 4.77. The van der Waals surface area contributed by atoms with E-state index < -0.39 is 35.4 Å². The number of aliphatic hydroxyl groups excluding tert-OH is 2. The van der Waals surface area contributed by atoms with Gasteiger partial charge in [0.05, 0.1) is 44.4 Å². The van der Waals surface area contributed by atoms with E-state index in [-0.39, 0.29) is 13.0 Å². The average Bonchev–Trinajstić information content (AvgIpc) is 3.31. The highest BCUT2D eigenvalue weighted by Crippen LogP contribution is 2.46. The first kappa shape index (κ1) is 27.5. The summed E-state index contributed by atoms with van der Waals surface area (Å²) in [6.45, 7) is 5.47. The van der Waals surface area contributed by atoms with E-state index in [9.17, 15) is 15.0 Å². The maximum absolute atomic E-state index is 13.3. The fourth-order valence-electron chi connectivity index (χ4n) is 5.38. The van der Waals surface area contributed by atoms with E-state index in [1.807, 2.05) is 78.9 Å². The molecule has 1 amide bonds. The number of ether oxygens (including phenoxy) is 3. The van der Waals surface area contributed by atoms with E-state index in [0.717, 1.165) is 16.7 Å². The predicted molar refractivity (Wildman–Crippen MR) is 146 cm³/mol. The van der Waals surface area contributed by atoms with E-state index in [4.69, 9.17) is 14.2 Å². The van der Waals surface area contributed by atoms with Crippen LogP contribution < -0.4 is 9.47 Å². The highest BCUT2D eigenvalue weighted by molar-refractivity contribution is 5.69. The Labute approximate surface area is 224 Å². The lowest BCUT2D eigenvalue weighted by atomic mass is 9.63. The summed E-state index contributed by atoms with van der Waals surface area (Å²) < 4.78 is 16.5. The molecule has 7 nitrogen and oxygen atoms in total. The number of hydrogen-bond acceptors (Lipinski definition) is 6. The van der Waals surface area contributed by atoms with Gasteiger partial charge in [-0.15, -0.1) is 0 Å². The standard InChI is InChI=1S/C31H37NO6/c1-30(2,3)38-29(35)32-20-24(33)19-27(32)28(34)31(21-9-7-6-8-10-21,22-11-15-25(36-4)16-12-22)23-13-17-26(37-5)18-14-23/h6-18,24,27-28,33-34H,19-20H2,1-5H3. The van der Waals surface area contributed by atoms with Gasteiger partial charge in [-0.2, -0.15) is 0 Å². The van der Waals surface area contributed by atoms with Crippen LogP contribution in [0.2, 0.25) is 0 Å². The highest BCUT2D eigenvalue weighted by atomic mass is 16.6.